The molecule has 4 nitrogen and oxygen atoms in total. The Morgan fingerprint density at radius 2 is 2.08 bits per heavy atom. The Hall–Kier alpha value is -2.36. The molecule has 0 aliphatic heterocycles. The van der Waals surface area contributed by atoms with Crippen LogP contribution in [0.3, 0.4) is 0 Å². The molecule has 3 rings (SSSR count). The lowest BCUT2D eigenvalue weighted by Crippen LogP contribution is -2.23. The Bertz CT molecular complexity index is 738. The fraction of sp³-hybridized carbons (Fsp3) is 0.429. The molecular formula is C21H26N2O2. The van der Waals surface area contributed by atoms with Gasteiger partial charge in [0.1, 0.15) is 0 Å². The van der Waals surface area contributed by atoms with Crippen molar-refractivity contribution in [1.82, 2.24) is 10.3 Å². The molecule has 25 heavy (non-hydrogen) atoms. The number of amides is 1. The van der Waals surface area contributed by atoms with E-state index >= 15 is 0 Å². The lowest BCUT2D eigenvalue weighted by atomic mass is 10.0. The Kier molecular flexibility index (Phi) is 5.69. The summed E-state index contributed by atoms with van der Waals surface area (Å²) in [6, 6.07) is 10.2. The van der Waals surface area contributed by atoms with Crippen LogP contribution in [-0.2, 0) is 17.8 Å². The van der Waals surface area contributed by atoms with Gasteiger partial charge in [0, 0.05) is 25.2 Å². The third-order valence-electron chi connectivity index (χ3n) is 4.57. The van der Waals surface area contributed by atoms with E-state index in [9.17, 15) is 4.79 Å². The van der Waals surface area contributed by atoms with Crippen molar-refractivity contribution in [2.24, 2.45) is 5.92 Å². The first kappa shape index (κ1) is 17.5. The van der Waals surface area contributed by atoms with E-state index in [1.54, 1.807) is 6.20 Å². The van der Waals surface area contributed by atoms with Crippen molar-refractivity contribution >= 4 is 5.91 Å². The molecule has 0 bridgehead atoms. The molecule has 1 fully saturated rings. The maximum Gasteiger partial charge on any atom is 0.220 e. The van der Waals surface area contributed by atoms with E-state index in [1.807, 2.05) is 12.1 Å². The van der Waals surface area contributed by atoms with Crippen LogP contribution in [0, 0.1) is 19.8 Å². The molecule has 0 spiro atoms. The molecule has 0 radical (unpaired) electrons. The summed E-state index contributed by atoms with van der Waals surface area (Å²) in [4.78, 5) is 16.3. The van der Waals surface area contributed by atoms with Crippen molar-refractivity contribution in [1.29, 1.82) is 0 Å². The number of carbonyl (C=O) groups excluding carboxylic acids is 1. The summed E-state index contributed by atoms with van der Waals surface area (Å²) in [5.41, 5.74) is 4.75. The summed E-state index contributed by atoms with van der Waals surface area (Å²) in [7, 11) is 0. The third kappa shape index (κ3) is 5.59. The number of pyridine rings is 1. The Morgan fingerprint density at radius 1 is 1.24 bits per heavy atom. The maximum atomic E-state index is 12.1. The molecule has 1 aromatic heterocycles. The van der Waals surface area contributed by atoms with Crippen molar-refractivity contribution in [3.63, 3.8) is 0 Å². The largest absolute Gasteiger partial charge is 0.477 e. The van der Waals surface area contributed by atoms with Crippen LogP contribution in [0.15, 0.2) is 36.5 Å². The molecular weight excluding hydrogens is 312 g/mol. The molecule has 1 aromatic carbocycles. The van der Waals surface area contributed by atoms with Crippen molar-refractivity contribution in [3.8, 4) is 5.88 Å². The second kappa shape index (κ2) is 8.15. The maximum absolute atomic E-state index is 12.1. The van der Waals surface area contributed by atoms with Gasteiger partial charge in [-0.25, -0.2) is 4.98 Å². The first-order valence-corrected chi connectivity index (χ1v) is 9.01. The number of aryl methyl sites for hydroxylation is 3. The fourth-order valence-electron chi connectivity index (χ4n) is 2.79. The zero-order valence-electron chi connectivity index (χ0n) is 15.0. The summed E-state index contributed by atoms with van der Waals surface area (Å²) < 4.78 is 5.68. The van der Waals surface area contributed by atoms with Gasteiger partial charge >= 0.3 is 0 Å². The third-order valence-corrected chi connectivity index (χ3v) is 4.57. The van der Waals surface area contributed by atoms with Gasteiger partial charge in [-0.1, -0.05) is 23.8 Å². The molecule has 4 heteroatoms. The standard InChI is InChI=1S/C21H26N2O2/c1-15-3-6-19(16(2)11-15)7-8-20(24)23-13-18-9-10-22-21(12-18)25-14-17-4-5-17/h3,6,9-12,17H,4-5,7-8,13-14H2,1-2H3,(H,23,24). The van der Waals surface area contributed by atoms with Gasteiger partial charge in [-0.05, 0) is 61.8 Å². The van der Waals surface area contributed by atoms with Crippen LogP contribution in [0.25, 0.3) is 0 Å². The lowest BCUT2D eigenvalue weighted by Gasteiger charge is -2.09. The minimum atomic E-state index is 0.0669. The molecule has 1 saturated carbocycles. The predicted octanol–water partition coefficient (Wildman–Crippen LogP) is 3.74. The summed E-state index contributed by atoms with van der Waals surface area (Å²) in [5.74, 6) is 1.42. The number of nitrogens with one attached hydrogen (secondary N) is 1. The number of aromatic nitrogens is 1. The second-order valence-electron chi connectivity index (χ2n) is 6.96. The average molecular weight is 338 g/mol. The van der Waals surface area contributed by atoms with Crippen LogP contribution in [0.5, 0.6) is 5.88 Å². The zero-order chi connectivity index (χ0) is 17.6. The molecule has 2 aromatic rings. The highest BCUT2D eigenvalue weighted by Gasteiger charge is 2.22. The number of carbonyl (C=O) groups is 1. The van der Waals surface area contributed by atoms with Crippen molar-refractivity contribution in [2.75, 3.05) is 6.61 Å². The molecule has 1 N–H and O–H groups in total. The SMILES string of the molecule is Cc1ccc(CCC(=O)NCc2ccnc(OCC3CC3)c2)c(C)c1. The number of ether oxygens (including phenoxy) is 1. The monoisotopic (exact) mass is 338 g/mol. The minimum absolute atomic E-state index is 0.0669. The van der Waals surface area contributed by atoms with Gasteiger partial charge in [0.05, 0.1) is 6.61 Å². The fourth-order valence-corrected chi connectivity index (χ4v) is 2.79. The van der Waals surface area contributed by atoms with Gasteiger partial charge in [-0.3, -0.25) is 4.79 Å². The predicted molar refractivity (Wildman–Crippen MR) is 98.5 cm³/mol. The number of nitrogens with zero attached hydrogens (tertiary/aromatic N) is 1. The van der Waals surface area contributed by atoms with Gasteiger partial charge in [0.15, 0.2) is 0 Å². The first-order chi connectivity index (χ1) is 12.1. The van der Waals surface area contributed by atoms with Crippen LogP contribution >= 0.6 is 0 Å². The van der Waals surface area contributed by atoms with Gasteiger partial charge in [0.2, 0.25) is 11.8 Å². The van der Waals surface area contributed by atoms with Gasteiger partial charge in [-0.2, -0.15) is 0 Å². The van der Waals surface area contributed by atoms with E-state index in [1.165, 1.54) is 29.5 Å². The van der Waals surface area contributed by atoms with Gasteiger partial charge < -0.3 is 10.1 Å². The van der Waals surface area contributed by atoms with E-state index in [4.69, 9.17) is 4.74 Å². The number of benzene rings is 1. The summed E-state index contributed by atoms with van der Waals surface area (Å²) in [6.45, 7) is 5.44. The van der Waals surface area contributed by atoms with Gasteiger partial charge in [0.25, 0.3) is 0 Å². The zero-order valence-corrected chi connectivity index (χ0v) is 15.0. The van der Waals surface area contributed by atoms with Crippen molar-refractivity contribution < 1.29 is 9.53 Å². The molecule has 1 aliphatic rings. The van der Waals surface area contributed by atoms with E-state index in [0.717, 1.165) is 18.6 Å². The lowest BCUT2D eigenvalue weighted by molar-refractivity contribution is -0.121. The van der Waals surface area contributed by atoms with Crippen LogP contribution in [0.2, 0.25) is 0 Å². The highest BCUT2D eigenvalue weighted by atomic mass is 16.5. The molecule has 1 amide bonds. The van der Waals surface area contributed by atoms with Crippen molar-refractivity contribution in [3.05, 3.63) is 58.8 Å². The number of hydrogen-bond donors (Lipinski definition) is 1. The molecule has 0 saturated heterocycles. The number of hydrogen-bond acceptors (Lipinski definition) is 3. The molecule has 1 heterocycles. The van der Waals surface area contributed by atoms with Crippen LogP contribution in [-0.4, -0.2) is 17.5 Å². The average Bonchev–Trinajstić information content (AvgIpc) is 3.42. The first-order valence-electron chi connectivity index (χ1n) is 9.01. The molecule has 0 unspecified atom stereocenters. The minimum Gasteiger partial charge on any atom is -0.477 e. The summed E-state index contributed by atoms with van der Waals surface area (Å²) in [6.07, 6.45) is 5.52. The van der Waals surface area contributed by atoms with Gasteiger partial charge in [-0.15, -0.1) is 0 Å². The Balaban J connectivity index is 1.44. The normalized spacial score (nSPS) is 13.5. The highest BCUT2D eigenvalue weighted by Crippen LogP contribution is 2.29. The molecule has 0 atom stereocenters. The smallest absolute Gasteiger partial charge is 0.220 e. The van der Waals surface area contributed by atoms with Crippen LogP contribution in [0.1, 0.15) is 41.5 Å². The topological polar surface area (TPSA) is 51.2 Å². The van der Waals surface area contributed by atoms with Crippen LogP contribution < -0.4 is 10.1 Å². The Labute approximate surface area is 149 Å². The molecule has 132 valence electrons. The number of rotatable bonds is 8. The van der Waals surface area contributed by atoms with Crippen LogP contribution in [0.4, 0.5) is 0 Å². The summed E-state index contributed by atoms with van der Waals surface area (Å²) >= 11 is 0. The molecule has 1 aliphatic carbocycles. The second-order valence-corrected chi connectivity index (χ2v) is 6.96. The summed E-state index contributed by atoms with van der Waals surface area (Å²) in [5, 5.41) is 2.98. The van der Waals surface area contributed by atoms with Crippen molar-refractivity contribution in [2.45, 2.75) is 46.1 Å². The van der Waals surface area contributed by atoms with E-state index < -0.39 is 0 Å². The van der Waals surface area contributed by atoms with E-state index in [0.29, 0.717) is 24.8 Å². The quantitative estimate of drug-likeness (QED) is 0.798. The van der Waals surface area contributed by atoms with E-state index in [2.05, 4.69) is 42.3 Å². The highest BCUT2D eigenvalue weighted by molar-refractivity contribution is 5.76. The Morgan fingerprint density at radius 3 is 2.84 bits per heavy atom. The van der Waals surface area contributed by atoms with E-state index in [-0.39, 0.29) is 5.91 Å².